The number of allylic oxidation sites excluding steroid dienone is 5. The molecular formula is C19H24O. The summed E-state index contributed by atoms with van der Waals surface area (Å²) >= 11 is 0. The van der Waals surface area contributed by atoms with Gasteiger partial charge in [0.05, 0.1) is 0 Å². The third-order valence-corrected chi connectivity index (χ3v) is 5.04. The molecule has 0 amide bonds. The van der Waals surface area contributed by atoms with Crippen LogP contribution in [0.25, 0.3) is 0 Å². The molecule has 0 fully saturated rings. The SMILES string of the molecule is CC(c1ccccc1)C(C)(C)C1(C)C=CC=CC(O)=C1. The lowest BCUT2D eigenvalue weighted by molar-refractivity contribution is 0.155. The second-order valence-electron chi connectivity index (χ2n) is 6.42. The van der Waals surface area contributed by atoms with Crippen LogP contribution in [0, 0.1) is 10.8 Å². The molecular weight excluding hydrogens is 244 g/mol. The van der Waals surface area contributed by atoms with Crippen LogP contribution < -0.4 is 0 Å². The van der Waals surface area contributed by atoms with Crippen molar-refractivity contribution in [1.29, 1.82) is 0 Å². The Bertz CT molecular complexity index is 548. The van der Waals surface area contributed by atoms with Crippen molar-refractivity contribution in [1.82, 2.24) is 0 Å². The first-order valence-electron chi connectivity index (χ1n) is 7.19. The summed E-state index contributed by atoms with van der Waals surface area (Å²) in [6.45, 7) is 8.98. The number of benzene rings is 1. The average Bonchev–Trinajstić information content (AvgIpc) is 2.61. The summed E-state index contributed by atoms with van der Waals surface area (Å²) < 4.78 is 0. The third-order valence-electron chi connectivity index (χ3n) is 5.04. The van der Waals surface area contributed by atoms with Gasteiger partial charge in [-0.15, -0.1) is 0 Å². The quantitative estimate of drug-likeness (QED) is 0.779. The highest BCUT2D eigenvalue weighted by atomic mass is 16.3. The molecule has 0 radical (unpaired) electrons. The lowest BCUT2D eigenvalue weighted by Crippen LogP contribution is -2.36. The van der Waals surface area contributed by atoms with Crippen molar-refractivity contribution in [2.45, 2.75) is 33.6 Å². The van der Waals surface area contributed by atoms with Crippen LogP contribution in [0.15, 0.2) is 66.5 Å². The van der Waals surface area contributed by atoms with Crippen LogP contribution in [0.1, 0.15) is 39.2 Å². The summed E-state index contributed by atoms with van der Waals surface area (Å²) in [5, 5.41) is 9.97. The summed E-state index contributed by atoms with van der Waals surface area (Å²) in [4.78, 5) is 0. The Hall–Kier alpha value is -1.76. The van der Waals surface area contributed by atoms with Gasteiger partial charge < -0.3 is 5.11 Å². The minimum absolute atomic E-state index is 0.0230. The van der Waals surface area contributed by atoms with Crippen molar-refractivity contribution < 1.29 is 5.11 Å². The van der Waals surface area contributed by atoms with E-state index in [0.29, 0.717) is 11.7 Å². The first kappa shape index (κ1) is 14.6. The van der Waals surface area contributed by atoms with Gasteiger partial charge in [0.15, 0.2) is 0 Å². The number of hydrogen-bond donors (Lipinski definition) is 1. The summed E-state index contributed by atoms with van der Waals surface area (Å²) in [6, 6.07) is 10.6. The zero-order valence-electron chi connectivity index (χ0n) is 12.8. The van der Waals surface area contributed by atoms with E-state index in [1.54, 1.807) is 6.08 Å². The van der Waals surface area contributed by atoms with Crippen LogP contribution >= 0.6 is 0 Å². The molecule has 1 aromatic rings. The Labute approximate surface area is 122 Å². The fourth-order valence-corrected chi connectivity index (χ4v) is 2.84. The smallest absolute Gasteiger partial charge is 0.112 e. The van der Waals surface area contributed by atoms with Gasteiger partial charge in [-0.25, -0.2) is 0 Å². The van der Waals surface area contributed by atoms with Crippen molar-refractivity contribution in [2.24, 2.45) is 10.8 Å². The molecule has 0 saturated heterocycles. The molecule has 106 valence electrons. The van der Waals surface area contributed by atoms with E-state index >= 15 is 0 Å². The van der Waals surface area contributed by atoms with E-state index in [-0.39, 0.29) is 10.8 Å². The number of aliphatic hydroxyl groups excluding tert-OH is 1. The zero-order valence-corrected chi connectivity index (χ0v) is 12.8. The van der Waals surface area contributed by atoms with Crippen LogP contribution in [0.5, 0.6) is 0 Å². The topological polar surface area (TPSA) is 20.2 Å². The molecule has 1 nitrogen and oxygen atoms in total. The first-order valence-corrected chi connectivity index (χ1v) is 7.19. The van der Waals surface area contributed by atoms with Crippen LogP contribution in [-0.4, -0.2) is 5.11 Å². The molecule has 0 aliphatic heterocycles. The average molecular weight is 268 g/mol. The second-order valence-corrected chi connectivity index (χ2v) is 6.42. The van der Waals surface area contributed by atoms with Crippen molar-refractivity contribution in [3.63, 3.8) is 0 Å². The molecule has 20 heavy (non-hydrogen) atoms. The Kier molecular flexibility index (Phi) is 3.89. The van der Waals surface area contributed by atoms with Gasteiger partial charge in [0.1, 0.15) is 5.76 Å². The second kappa shape index (κ2) is 5.32. The van der Waals surface area contributed by atoms with Crippen LogP contribution in [0.4, 0.5) is 0 Å². The van der Waals surface area contributed by atoms with Crippen molar-refractivity contribution in [3.8, 4) is 0 Å². The summed E-state index contributed by atoms with van der Waals surface area (Å²) in [5.74, 6) is 0.714. The predicted molar refractivity (Wildman–Crippen MR) is 85.7 cm³/mol. The van der Waals surface area contributed by atoms with E-state index in [1.165, 1.54) is 5.56 Å². The summed E-state index contributed by atoms with van der Waals surface area (Å²) in [5.41, 5.74) is 1.11. The van der Waals surface area contributed by atoms with Gasteiger partial charge in [0, 0.05) is 5.41 Å². The van der Waals surface area contributed by atoms with Crippen LogP contribution in [-0.2, 0) is 0 Å². The van der Waals surface area contributed by atoms with Gasteiger partial charge in [0.25, 0.3) is 0 Å². The fourth-order valence-electron chi connectivity index (χ4n) is 2.84. The van der Waals surface area contributed by atoms with E-state index in [0.717, 1.165) is 0 Å². The standard InChI is InChI=1S/C19H24O/c1-15(16-10-6-5-7-11-16)18(2,3)19(4)13-9-8-12-17(20)14-19/h5-15,20H,1-4H3. The summed E-state index contributed by atoms with van der Waals surface area (Å²) in [6.07, 6.45) is 9.81. The molecule has 0 heterocycles. The molecule has 1 N–H and O–H groups in total. The van der Waals surface area contributed by atoms with Gasteiger partial charge in [-0.05, 0) is 29.0 Å². The largest absolute Gasteiger partial charge is 0.508 e. The van der Waals surface area contributed by atoms with Gasteiger partial charge in [-0.3, -0.25) is 0 Å². The molecule has 2 unspecified atom stereocenters. The van der Waals surface area contributed by atoms with E-state index < -0.39 is 0 Å². The van der Waals surface area contributed by atoms with Crippen LogP contribution in [0.3, 0.4) is 0 Å². The lowest BCUT2D eigenvalue weighted by atomic mass is 9.59. The Balaban J connectivity index is 2.41. The molecule has 0 saturated carbocycles. The number of hydrogen-bond acceptors (Lipinski definition) is 1. The maximum atomic E-state index is 9.97. The fraction of sp³-hybridized carbons (Fsp3) is 0.368. The molecule has 1 aliphatic rings. The first-order chi connectivity index (χ1) is 9.37. The summed E-state index contributed by atoms with van der Waals surface area (Å²) in [7, 11) is 0. The third kappa shape index (κ3) is 2.58. The van der Waals surface area contributed by atoms with Crippen molar-refractivity contribution in [3.05, 3.63) is 72.0 Å². The minimum Gasteiger partial charge on any atom is -0.508 e. The number of aliphatic hydroxyl groups is 1. The Morgan fingerprint density at radius 3 is 2.40 bits per heavy atom. The van der Waals surface area contributed by atoms with Gasteiger partial charge in [-0.1, -0.05) is 76.3 Å². The molecule has 2 atom stereocenters. The minimum atomic E-state index is -0.199. The maximum Gasteiger partial charge on any atom is 0.112 e. The maximum absolute atomic E-state index is 9.97. The molecule has 0 aromatic heterocycles. The Morgan fingerprint density at radius 2 is 1.75 bits per heavy atom. The molecule has 1 aromatic carbocycles. The van der Waals surface area contributed by atoms with Gasteiger partial charge in [-0.2, -0.15) is 0 Å². The highest BCUT2D eigenvalue weighted by molar-refractivity contribution is 5.32. The van der Waals surface area contributed by atoms with Crippen molar-refractivity contribution in [2.75, 3.05) is 0 Å². The molecule has 0 bridgehead atoms. The van der Waals surface area contributed by atoms with Gasteiger partial charge in [0.2, 0.25) is 0 Å². The van der Waals surface area contributed by atoms with E-state index in [2.05, 4.69) is 58.0 Å². The number of rotatable bonds is 3. The normalized spacial score (nSPS) is 24.1. The lowest BCUT2D eigenvalue weighted by Gasteiger charge is -2.45. The van der Waals surface area contributed by atoms with E-state index in [9.17, 15) is 5.11 Å². The monoisotopic (exact) mass is 268 g/mol. The molecule has 1 aliphatic carbocycles. The molecule has 1 heteroatoms. The zero-order chi connectivity index (χ0) is 14.8. The van der Waals surface area contributed by atoms with Crippen molar-refractivity contribution >= 4 is 0 Å². The van der Waals surface area contributed by atoms with Crippen LogP contribution in [0.2, 0.25) is 0 Å². The molecule has 2 rings (SSSR count). The van der Waals surface area contributed by atoms with E-state index in [1.807, 2.05) is 24.3 Å². The highest BCUT2D eigenvalue weighted by Crippen LogP contribution is 2.51. The van der Waals surface area contributed by atoms with E-state index in [4.69, 9.17) is 0 Å². The highest BCUT2D eigenvalue weighted by Gasteiger charge is 2.42. The van der Waals surface area contributed by atoms with Gasteiger partial charge >= 0.3 is 0 Å². The predicted octanol–water partition coefficient (Wildman–Crippen LogP) is 5.39. The Morgan fingerprint density at radius 1 is 1.10 bits per heavy atom. The molecule has 0 spiro atoms.